The van der Waals surface area contributed by atoms with Crippen LogP contribution in [0.5, 0.6) is 0 Å². The van der Waals surface area contributed by atoms with E-state index in [0.29, 0.717) is 36.8 Å². The van der Waals surface area contributed by atoms with Crippen molar-refractivity contribution < 1.29 is 34.1 Å². The Hall–Kier alpha value is -2.38. The van der Waals surface area contributed by atoms with Gasteiger partial charge in [-0.1, -0.05) is 28.6 Å². The quantitative estimate of drug-likeness (QED) is 0.235. The number of thiazole rings is 1. The topological polar surface area (TPSA) is 136 Å². The summed E-state index contributed by atoms with van der Waals surface area (Å²) in [6.07, 6.45) is 2.33. The molecule has 0 bridgehead atoms. The molecular weight excluding hydrogens is 458 g/mol. The Bertz CT molecular complexity index is 995. The van der Waals surface area contributed by atoms with E-state index in [4.69, 9.17) is 19.4 Å². The number of sulfone groups is 1. The molecule has 0 spiro atoms. The summed E-state index contributed by atoms with van der Waals surface area (Å²) in [4.78, 5) is 23.1. The van der Waals surface area contributed by atoms with E-state index in [9.17, 15) is 13.2 Å². The van der Waals surface area contributed by atoms with Crippen molar-refractivity contribution >= 4 is 37.9 Å². The van der Waals surface area contributed by atoms with Crippen LogP contribution in [-0.2, 0) is 35.5 Å². The monoisotopic (exact) mass is 487 g/mol. The number of nitrogens with zero attached hydrogens (tertiary/aromatic N) is 2. The van der Waals surface area contributed by atoms with Gasteiger partial charge in [-0.3, -0.25) is 10.1 Å². The van der Waals surface area contributed by atoms with Gasteiger partial charge < -0.3 is 19.4 Å². The highest BCUT2D eigenvalue weighted by Gasteiger charge is 2.19. The van der Waals surface area contributed by atoms with E-state index < -0.39 is 15.7 Å². The fourth-order valence-electron chi connectivity index (χ4n) is 2.53. The molecule has 0 aliphatic rings. The Morgan fingerprint density at radius 1 is 1.19 bits per heavy atom. The van der Waals surface area contributed by atoms with Gasteiger partial charge in [-0.15, -0.1) is 0 Å². The Morgan fingerprint density at radius 3 is 2.59 bits per heavy atom. The number of carbonyl (C=O) groups excluding carboxylic acids is 1. The first-order chi connectivity index (χ1) is 15.4. The molecular formula is C20H29N3O7S2. The first kappa shape index (κ1) is 25.9. The van der Waals surface area contributed by atoms with Crippen LogP contribution in [0.4, 0.5) is 5.13 Å². The number of oxime groups is 1. The zero-order valence-corrected chi connectivity index (χ0v) is 19.6. The molecule has 0 aliphatic heterocycles. The SMILES string of the molecule is COCCCS(=O)(=O)c1ccc(/C(=N\OCCCO)C(=O)Nc2ncc(COC)s2)cc1.[HH]. The van der Waals surface area contributed by atoms with Crippen LogP contribution in [-0.4, -0.2) is 69.9 Å². The van der Waals surface area contributed by atoms with Crippen molar-refractivity contribution in [3.8, 4) is 0 Å². The fraction of sp³-hybridized carbons (Fsp3) is 0.450. The Labute approximate surface area is 192 Å². The Balaban J connectivity index is 0.00000544. The van der Waals surface area contributed by atoms with Gasteiger partial charge in [0.2, 0.25) is 0 Å². The van der Waals surface area contributed by atoms with E-state index in [2.05, 4.69) is 15.5 Å². The van der Waals surface area contributed by atoms with Crippen LogP contribution in [0.25, 0.3) is 0 Å². The smallest absolute Gasteiger partial charge is 0.280 e. The van der Waals surface area contributed by atoms with Crippen LogP contribution in [0.15, 0.2) is 40.5 Å². The number of nitrogens with one attached hydrogen (secondary N) is 1. The van der Waals surface area contributed by atoms with Crippen molar-refractivity contribution in [2.24, 2.45) is 5.16 Å². The van der Waals surface area contributed by atoms with E-state index in [0.717, 1.165) is 4.88 Å². The number of amides is 1. The second-order valence-electron chi connectivity index (χ2n) is 6.56. The molecule has 0 atom stereocenters. The fourth-order valence-corrected chi connectivity index (χ4v) is 4.59. The minimum atomic E-state index is -3.47. The molecule has 1 aromatic carbocycles. The molecule has 10 nitrogen and oxygen atoms in total. The van der Waals surface area contributed by atoms with Crippen LogP contribution in [0.1, 0.15) is 24.7 Å². The van der Waals surface area contributed by atoms with E-state index in [1.807, 2.05) is 0 Å². The summed E-state index contributed by atoms with van der Waals surface area (Å²) in [6.45, 7) is 0.768. The number of anilines is 1. The molecule has 12 heteroatoms. The number of hydrogen-bond acceptors (Lipinski definition) is 10. The second kappa shape index (κ2) is 13.2. The van der Waals surface area contributed by atoms with E-state index in [1.54, 1.807) is 13.3 Å². The van der Waals surface area contributed by atoms with Gasteiger partial charge >= 0.3 is 0 Å². The Kier molecular flexibility index (Phi) is 10.7. The number of rotatable bonds is 14. The predicted octanol–water partition coefficient (Wildman–Crippen LogP) is 2.09. The zero-order valence-electron chi connectivity index (χ0n) is 17.9. The van der Waals surface area contributed by atoms with Gasteiger partial charge in [-0.2, -0.15) is 0 Å². The maximum atomic E-state index is 12.8. The van der Waals surface area contributed by atoms with Crippen LogP contribution in [0.3, 0.4) is 0 Å². The van der Waals surface area contributed by atoms with Gasteiger partial charge in [0.05, 0.1) is 22.1 Å². The molecule has 0 aliphatic carbocycles. The van der Waals surface area contributed by atoms with Crippen molar-refractivity contribution in [2.75, 3.05) is 45.1 Å². The van der Waals surface area contributed by atoms with Crippen molar-refractivity contribution in [3.63, 3.8) is 0 Å². The largest absolute Gasteiger partial charge is 0.396 e. The molecule has 0 radical (unpaired) electrons. The summed E-state index contributed by atoms with van der Waals surface area (Å²) < 4.78 is 34.8. The van der Waals surface area contributed by atoms with Crippen LogP contribution < -0.4 is 5.32 Å². The van der Waals surface area contributed by atoms with E-state index in [-0.39, 0.29) is 31.0 Å². The van der Waals surface area contributed by atoms with Crippen molar-refractivity contribution in [1.29, 1.82) is 0 Å². The molecule has 2 rings (SSSR count). The molecule has 1 aromatic heterocycles. The predicted molar refractivity (Wildman–Crippen MR) is 123 cm³/mol. The lowest BCUT2D eigenvalue weighted by Gasteiger charge is -2.09. The summed E-state index contributed by atoms with van der Waals surface area (Å²) in [7, 11) is -0.393. The first-order valence-corrected chi connectivity index (χ1v) is 12.3. The van der Waals surface area contributed by atoms with E-state index in [1.165, 1.54) is 42.7 Å². The van der Waals surface area contributed by atoms with Gasteiger partial charge in [0.1, 0.15) is 6.61 Å². The lowest BCUT2D eigenvalue weighted by atomic mass is 10.1. The zero-order chi connectivity index (χ0) is 23.4. The molecule has 0 unspecified atom stereocenters. The van der Waals surface area contributed by atoms with Gasteiger partial charge in [0.15, 0.2) is 20.7 Å². The summed E-state index contributed by atoms with van der Waals surface area (Å²) in [6, 6.07) is 5.84. The van der Waals surface area contributed by atoms with Crippen molar-refractivity contribution in [2.45, 2.75) is 24.3 Å². The maximum absolute atomic E-state index is 12.8. The average molecular weight is 488 g/mol. The second-order valence-corrected chi connectivity index (χ2v) is 9.78. The third-order valence-electron chi connectivity index (χ3n) is 4.07. The molecule has 1 heterocycles. The number of hydrogen-bond donors (Lipinski definition) is 2. The number of aliphatic hydroxyl groups is 1. The molecule has 2 aromatic rings. The highest BCUT2D eigenvalue weighted by molar-refractivity contribution is 7.91. The molecule has 0 saturated carbocycles. The normalized spacial score (nSPS) is 12.0. The number of ether oxygens (including phenoxy) is 2. The van der Waals surface area contributed by atoms with E-state index >= 15 is 0 Å². The van der Waals surface area contributed by atoms with Gasteiger partial charge in [0.25, 0.3) is 5.91 Å². The Morgan fingerprint density at radius 2 is 1.94 bits per heavy atom. The summed E-state index contributed by atoms with van der Waals surface area (Å²) >= 11 is 1.26. The van der Waals surface area contributed by atoms with Gasteiger partial charge in [-0.25, -0.2) is 13.4 Å². The number of aromatic nitrogens is 1. The first-order valence-electron chi connectivity index (χ1n) is 9.79. The highest BCUT2D eigenvalue weighted by atomic mass is 32.2. The van der Waals surface area contributed by atoms with Crippen LogP contribution in [0, 0.1) is 0 Å². The molecule has 178 valence electrons. The molecule has 1 amide bonds. The number of aliphatic hydroxyl groups excluding tert-OH is 1. The molecule has 0 saturated heterocycles. The molecule has 32 heavy (non-hydrogen) atoms. The minimum Gasteiger partial charge on any atom is -0.396 e. The molecule has 2 N–H and O–H groups in total. The summed E-state index contributed by atoms with van der Waals surface area (Å²) in [5, 5.41) is 15.8. The standard InChI is InChI=1S/C20H27N3O7S2.H2/c1-28-10-4-12-32(26,27)17-7-5-15(6-8-17)18(23-30-11-3-9-24)19(25)22-20-21-13-16(31-20)14-29-2;/h5-8,13,24H,3-4,9-12,14H2,1-2H3,(H,21,22,25);1H/b23-18+;. The maximum Gasteiger partial charge on any atom is 0.280 e. The van der Waals surface area contributed by atoms with Gasteiger partial charge in [-0.05, 0) is 18.6 Å². The van der Waals surface area contributed by atoms with Crippen molar-refractivity contribution in [3.05, 3.63) is 40.9 Å². The van der Waals surface area contributed by atoms with Gasteiger partial charge in [0, 0.05) is 47.0 Å². The summed E-state index contributed by atoms with van der Waals surface area (Å²) in [5.41, 5.74) is 0.325. The van der Waals surface area contributed by atoms with Crippen LogP contribution >= 0.6 is 11.3 Å². The third-order valence-corrected chi connectivity index (χ3v) is 6.78. The lowest BCUT2D eigenvalue weighted by molar-refractivity contribution is -0.110. The van der Waals surface area contributed by atoms with Crippen LogP contribution in [0.2, 0.25) is 0 Å². The molecule has 0 fully saturated rings. The number of benzene rings is 1. The minimum absolute atomic E-state index is 0. The lowest BCUT2D eigenvalue weighted by Crippen LogP contribution is -2.24. The average Bonchev–Trinajstić information content (AvgIpc) is 3.21. The third kappa shape index (κ3) is 7.95. The number of carbonyl (C=O) groups is 1. The highest BCUT2D eigenvalue weighted by Crippen LogP contribution is 2.20. The van der Waals surface area contributed by atoms with Crippen molar-refractivity contribution in [1.82, 2.24) is 4.98 Å². The number of methoxy groups -OCH3 is 2. The summed E-state index contributed by atoms with van der Waals surface area (Å²) in [5.74, 6) is -0.609.